The first kappa shape index (κ1) is 22.0. The van der Waals surface area contributed by atoms with E-state index >= 15 is 0 Å². The van der Waals surface area contributed by atoms with Crippen LogP contribution in [0.5, 0.6) is 0 Å². The number of nitrogens with zero attached hydrogens (tertiary/aromatic N) is 3. The number of halogens is 1. The van der Waals surface area contributed by atoms with Gasteiger partial charge in [-0.1, -0.05) is 54.1 Å². The van der Waals surface area contributed by atoms with Gasteiger partial charge < -0.3 is 9.88 Å². The Morgan fingerprint density at radius 2 is 1.94 bits per heavy atom. The maximum Gasteiger partial charge on any atom is 0.264 e. The first-order valence-electron chi connectivity index (χ1n) is 10.6. The van der Waals surface area contributed by atoms with Crippen LogP contribution in [0.15, 0.2) is 82.8 Å². The predicted octanol–water partition coefficient (Wildman–Crippen LogP) is 6.41. The quantitative estimate of drug-likeness (QED) is 0.341. The average Bonchev–Trinajstić information content (AvgIpc) is 3.36. The second-order valence-electron chi connectivity index (χ2n) is 7.91. The van der Waals surface area contributed by atoms with Gasteiger partial charge in [0.1, 0.15) is 0 Å². The van der Waals surface area contributed by atoms with Crippen LogP contribution in [0.1, 0.15) is 22.3 Å². The van der Waals surface area contributed by atoms with Gasteiger partial charge in [0.25, 0.3) is 5.91 Å². The molecule has 0 aliphatic carbocycles. The van der Waals surface area contributed by atoms with Crippen molar-refractivity contribution < 1.29 is 4.79 Å². The number of nitrogens with one attached hydrogen (secondary N) is 1. The van der Waals surface area contributed by atoms with Gasteiger partial charge in [0, 0.05) is 34.2 Å². The Hall–Kier alpha value is -3.79. The molecule has 2 heterocycles. The molecule has 0 atom stereocenters. The van der Waals surface area contributed by atoms with Crippen molar-refractivity contribution in [1.82, 2.24) is 9.88 Å². The molecular formula is C27H19ClN4OS. The lowest BCUT2D eigenvalue weighted by Gasteiger charge is -2.07. The summed E-state index contributed by atoms with van der Waals surface area (Å²) in [6.07, 6.45) is 3.91. The van der Waals surface area contributed by atoms with Gasteiger partial charge in [-0.3, -0.25) is 4.79 Å². The van der Waals surface area contributed by atoms with E-state index in [0.717, 1.165) is 33.3 Å². The van der Waals surface area contributed by atoms with Crippen molar-refractivity contribution >= 4 is 57.1 Å². The number of carbonyl (C=O) groups excluding carboxylic acids is 1. The summed E-state index contributed by atoms with van der Waals surface area (Å²) >= 11 is 7.41. The minimum absolute atomic E-state index is 0.185. The molecule has 1 amide bonds. The third-order valence-corrected chi connectivity index (χ3v) is 6.77. The molecule has 5 rings (SSSR count). The first-order chi connectivity index (χ1) is 16.5. The predicted molar refractivity (Wildman–Crippen MR) is 139 cm³/mol. The number of benzene rings is 3. The lowest BCUT2D eigenvalue weighted by Crippen LogP contribution is -2.19. The van der Waals surface area contributed by atoms with E-state index in [0.29, 0.717) is 27.2 Å². The van der Waals surface area contributed by atoms with Crippen molar-refractivity contribution in [2.45, 2.75) is 13.5 Å². The van der Waals surface area contributed by atoms with Crippen LogP contribution < -0.4 is 5.32 Å². The summed E-state index contributed by atoms with van der Waals surface area (Å²) in [5.41, 5.74) is 5.28. The van der Waals surface area contributed by atoms with Gasteiger partial charge in [-0.2, -0.15) is 5.26 Å². The summed E-state index contributed by atoms with van der Waals surface area (Å²) in [6, 6.07) is 23.4. The third-order valence-electron chi connectivity index (χ3n) is 5.63. The molecule has 0 saturated carbocycles. The molecule has 1 aliphatic heterocycles. The van der Waals surface area contributed by atoms with E-state index in [2.05, 4.69) is 20.9 Å². The second kappa shape index (κ2) is 9.22. The molecule has 0 spiro atoms. The van der Waals surface area contributed by atoms with E-state index < -0.39 is 0 Å². The fourth-order valence-corrected chi connectivity index (χ4v) is 4.90. The number of fused-ring (bicyclic) bond motifs is 1. The van der Waals surface area contributed by atoms with Crippen LogP contribution in [-0.2, 0) is 11.3 Å². The third kappa shape index (κ3) is 4.36. The van der Waals surface area contributed by atoms with Gasteiger partial charge in [0.05, 0.1) is 22.2 Å². The number of nitriles is 1. The summed E-state index contributed by atoms with van der Waals surface area (Å²) < 4.78 is 2.11. The lowest BCUT2D eigenvalue weighted by atomic mass is 10.1. The molecule has 0 radical (unpaired) electrons. The van der Waals surface area contributed by atoms with E-state index in [1.54, 1.807) is 6.07 Å². The van der Waals surface area contributed by atoms with Crippen molar-refractivity contribution in [3.8, 4) is 6.07 Å². The molecule has 1 N–H and O–H groups in total. The molecule has 1 saturated heterocycles. The largest absolute Gasteiger partial charge is 0.342 e. The maximum atomic E-state index is 12.7. The number of hydrogen-bond donors (Lipinski definition) is 1. The van der Waals surface area contributed by atoms with Crippen LogP contribution in [-0.4, -0.2) is 15.6 Å². The fourth-order valence-electron chi connectivity index (χ4n) is 3.91. The smallest absolute Gasteiger partial charge is 0.264 e. The van der Waals surface area contributed by atoms with Crippen LogP contribution in [0.25, 0.3) is 17.0 Å². The Labute approximate surface area is 206 Å². The molecule has 7 heteroatoms. The van der Waals surface area contributed by atoms with Crippen molar-refractivity contribution in [3.05, 3.63) is 105 Å². The van der Waals surface area contributed by atoms with Gasteiger partial charge in [-0.15, -0.1) is 0 Å². The van der Waals surface area contributed by atoms with Crippen LogP contribution >= 0.6 is 23.4 Å². The first-order valence-corrected chi connectivity index (χ1v) is 11.8. The van der Waals surface area contributed by atoms with Crippen molar-refractivity contribution in [2.24, 2.45) is 4.99 Å². The number of para-hydroxylation sites is 1. The van der Waals surface area contributed by atoms with Crippen LogP contribution in [0.3, 0.4) is 0 Å². The van der Waals surface area contributed by atoms with Gasteiger partial charge in [-0.05, 0) is 60.2 Å². The van der Waals surface area contributed by atoms with Crippen LogP contribution in [0.2, 0.25) is 5.02 Å². The number of rotatable bonds is 4. The SMILES string of the molecule is Cc1ccc(Cl)cc1N=C1NC(=O)/C(=C/c2cn(Cc3ccccc3C#N)c3ccccc23)S1. The van der Waals surface area contributed by atoms with Gasteiger partial charge in [-0.25, -0.2) is 4.99 Å². The van der Waals surface area contributed by atoms with Gasteiger partial charge >= 0.3 is 0 Å². The highest BCUT2D eigenvalue weighted by Gasteiger charge is 2.24. The minimum atomic E-state index is -0.185. The highest BCUT2D eigenvalue weighted by molar-refractivity contribution is 8.18. The molecule has 4 aromatic rings. The highest BCUT2D eigenvalue weighted by Crippen LogP contribution is 2.32. The van der Waals surface area contributed by atoms with Crippen LogP contribution in [0.4, 0.5) is 5.69 Å². The van der Waals surface area contributed by atoms with Crippen molar-refractivity contribution in [2.75, 3.05) is 0 Å². The number of hydrogen-bond acceptors (Lipinski definition) is 4. The number of amidine groups is 1. The molecule has 166 valence electrons. The summed E-state index contributed by atoms with van der Waals surface area (Å²) in [7, 11) is 0. The zero-order chi connectivity index (χ0) is 23.7. The molecule has 0 bridgehead atoms. The molecule has 5 nitrogen and oxygen atoms in total. The standard InChI is InChI=1S/C27H19ClN4OS/c1-17-10-11-21(28)13-23(17)30-27-31-26(33)25(34-27)12-20-16-32(24-9-5-4-8-22(20)24)15-19-7-3-2-6-18(19)14-29/h2-13,16H,15H2,1H3,(H,30,31,33)/b25-12-. The highest BCUT2D eigenvalue weighted by atomic mass is 35.5. The summed E-state index contributed by atoms with van der Waals surface area (Å²) in [5.74, 6) is -0.185. The van der Waals surface area contributed by atoms with Gasteiger partial charge in [0.2, 0.25) is 0 Å². The molecule has 0 unspecified atom stereocenters. The Morgan fingerprint density at radius 1 is 1.15 bits per heavy atom. The maximum absolute atomic E-state index is 12.7. The molecular weight excluding hydrogens is 464 g/mol. The average molecular weight is 483 g/mol. The molecule has 1 aliphatic rings. The summed E-state index contributed by atoms with van der Waals surface area (Å²) in [5, 5.41) is 14.5. The fraction of sp³-hybridized carbons (Fsp3) is 0.0741. The number of aromatic nitrogens is 1. The Balaban J connectivity index is 1.50. The summed E-state index contributed by atoms with van der Waals surface area (Å²) in [4.78, 5) is 17.9. The van der Waals surface area contributed by atoms with E-state index in [1.165, 1.54) is 11.8 Å². The number of aryl methyl sites for hydroxylation is 1. The number of amides is 1. The molecule has 1 fully saturated rings. The second-order valence-corrected chi connectivity index (χ2v) is 9.38. The van der Waals surface area contributed by atoms with E-state index in [9.17, 15) is 10.1 Å². The van der Waals surface area contributed by atoms with E-state index in [4.69, 9.17) is 11.6 Å². The number of carbonyl (C=O) groups is 1. The van der Waals surface area contributed by atoms with Crippen LogP contribution in [0, 0.1) is 18.3 Å². The zero-order valence-electron chi connectivity index (χ0n) is 18.2. The molecule has 3 aromatic carbocycles. The number of thioether (sulfide) groups is 1. The Kier molecular flexibility index (Phi) is 5.97. The van der Waals surface area contributed by atoms with E-state index in [1.807, 2.05) is 79.9 Å². The van der Waals surface area contributed by atoms with Crippen molar-refractivity contribution in [1.29, 1.82) is 5.26 Å². The zero-order valence-corrected chi connectivity index (χ0v) is 19.8. The topological polar surface area (TPSA) is 70.2 Å². The lowest BCUT2D eigenvalue weighted by molar-refractivity contribution is -0.115. The minimum Gasteiger partial charge on any atom is -0.342 e. The normalized spacial score (nSPS) is 15.7. The van der Waals surface area contributed by atoms with Crippen molar-refractivity contribution in [3.63, 3.8) is 0 Å². The summed E-state index contributed by atoms with van der Waals surface area (Å²) in [6.45, 7) is 2.51. The molecule has 1 aromatic heterocycles. The Bertz CT molecular complexity index is 1540. The Morgan fingerprint density at radius 3 is 2.79 bits per heavy atom. The molecule has 34 heavy (non-hydrogen) atoms. The number of aliphatic imine (C=N–C) groups is 1. The van der Waals surface area contributed by atoms with E-state index in [-0.39, 0.29) is 5.91 Å². The van der Waals surface area contributed by atoms with Gasteiger partial charge in [0.15, 0.2) is 5.17 Å². The monoisotopic (exact) mass is 482 g/mol.